The summed E-state index contributed by atoms with van der Waals surface area (Å²) in [4.78, 5) is 11.6. The highest BCUT2D eigenvalue weighted by atomic mass is 79.9. The second-order valence-electron chi connectivity index (χ2n) is 3.78. The Balaban J connectivity index is 2.89. The number of H-pyrrole nitrogens is 1. The summed E-state index contributed by atoms with van der Waals surface area (Å²) in [6.45, 7) is 4.12. The van der Waals surface area contributed by atoms with Crippen LogP contribution < -0.4 is 5.56 Å². The van der Waals surface area contributed by atoms with Crippen LogP contribution in [-0.4, -0.2) is 10.2 Å². The SMILES string of the molecule is CC(C)c1n[nH]c(=O)c2cc(Br)ccc12. The van der Waals surface area contributed by atoms with Gasteiger partial charge in [-0.15, -0.1) is 0 Å². The van der Waals surface area contributed by atoms with Crippen molar-refractivity contribution in [2.75, 3.05) is 0 Å². The number of hydrogen-bond acceptors (Lipinski definition) is 2. The average Bonchev–Trinajstić information content (AvgIpc) is 2.19. The zero-order valence-electron chi connectivity index (χ0n) is 8.54. The van der Waals surface area contributed by atoms with Gasteiger partial charge in [0.2, 0.25) is 0 Å². The van der Waals surface area contributed by atoms with Gasteiger partial charge in [0, 0.05) is 9.86 Å². The molecule has 1 aromatic heterocycles. The minimum absolute atomic E-state index is 0.143. The Morgan fingerprint density at radius 1 is 1.33 bits per heavy atom. The molecule has 3 nitrogen and oxygen atoms in total. The summed E-state index contributed by atoms with van der Waals surface area (Å²) in [6, 6.07) is 5.67. The van der Waals surface area contributed by atoms with E-state index >= 15 is 0 Å². The standard InChI is InChI=1S/C11H11BrN2O/c1-6(2)10-8-4-3-7(12)5-9(8)11(15)14-13-10/h3-6H,1-2H3,(H,14,15). The van der Waals surface area contributed by atoms with Crippen LogP contribution in [0.1, 0.15) is 25.5 Å². The van der Waals surface area contributed by atoms with Crippen LogP contribution in [0.5, 0.6) is 0 Å². The van der Waals surface area contributed by atoms with Gasteiger partial charge in [-0.25, -0.2) is 5.10 Å². The first kappa shape index (κ1) is 10.4. The molecule has 0 aliphatic rings. The minimum atomic E-state index is -0.143. The summed E-state index contributed by atoms with van der Waals surface area (Å²) in [7, 11) is 0. The Morgan fingerprint density at radius 3 is 2.73 bits per heavy atom. The molecule has 1 heterocycles. The maximum atomic E-state index is 11.6. The Morgan fingerprint density at radius 2 is 2.07 bits per heavy atom. The second kappa shape index (κ2) is 3.77. The first-order valence-electron chi connectivity index (χ1n) is 4.77. The van der Waals surface area contributed by atoms with Crippen LogP contribution in [0.3, 0.4) is 0 Å². The number of aromatic nitrogens is 2. The van der Waals surface area contributed by atoms with Crippen molar-refractivity contribution in [3.05, 3.63) is 38.7 Å². The molecule has 0 unspecified atom stereocenters. The summed E-state index contributed by atoms with van der Waals surface area (Å²) >= 11 is 3.35. The molecule has 0 saturated carbocycles. The van der Waals surface area contributed by atoms with E-state index in [-0.39, 0.29) is 5.56 Å². The van der Waals surface area contributed by atoms with Gasteiger partial charge >= 0.3 is 0 Å². The quantitative estimate of drug-likeness (QED) is 0.863. The lowest BCUT2D eigenvalue weighted by Gasteiger charge is -2.07. The van der Waals surface area contributed by atoms with E-state index in [1.54, 1.807) is 0 Å². The molecule has 4 heteroatoms. The molecule has 0 saturated heterocycles. The van der Waals surface area contributed by atoms with Crippen molar-refractivity contribution >= 4 is 26.7 Å². The fourth-order valence-electron chi connectivity index (χ4n) is 1.60. The molecule has 15 heavy (non-hydrogen) atoms. The van der Waals surface area contributed by atoms with Crippen molar-refractivity contribution in [2.24, 2.45) is 0 Å². The molecule has 0 atom stereocenters. The van der Waals surface area contributed by atoms with Gasteiger partial charge in [-0.1, -0.05) is 35.8 Å². The Kier molecular flexibility index (Phi) is 2.61. The summed E-state index contributed by atoms with van der Waals surface area (Å²) in [6.07, 6.45) is 0. The fraction of sp³-hybridized carbons (Fsp3) is 0.273. The van der Waals surface area contributed by atoms with Crippen LogP contribution in [0.25, 0.3) is 10.8 Å². The molecule has 0 aliphatic heterocycles. The topological polar surface area (TPSA) is 45.8 Å². The first-order valence-corrected chi connectivity index (χ1v) is 5.56. The minimum Gasteiger partial charge on any atom is -0.267 e. The van der Waals surface area contributed by atoms with Crippen LogP contribution in [0.2, 0.25) is 0 Å². The average molecular weight is 267 g/mol. The van der Waals surface area contributed by atoms with E-state index in [1.807, 2.05) is 18.2 Å². The number of halogens is 1. The van der Waals surface area contributed by atoms with Gasteiger partial charge in [-0.2, -0.15) is 5.10 Å². The van der Waals surface area contributed by atoms with Crippen molar-refractivity contribution in [3.8, 4) is 0 Å². The van der Waals surface area contributed by atoms with Gasteiger partial charge in [-0.3, -0.25) is 4.79 Å². The monoisotopic (exact) mass is 266 g/mol. The van der Waals surface area contributed by atoms with E-state index in [0.29, 0.717) is 11.3 Å². The smallest absolute Gasteiger partial charge is 0.267 e. The molecule has 0 fully saturated rings. The van der Waals surface area contributed by atoms with Crippen molar-refractivity contribution in [1.29, 1.82) is 0 Å². The number of nitrogens with one attached hydrogen (secondary N) is 1. The molecule has 2 rings (SSSR count). The Labute approximate surface area is 95.6 Å². The maximum Gasteiger partial charge on any atom is 0.272 e. The normalized spacial score (nSPS) is 11.2. The van der Waals surface area contributed by atoms with E-state index in [9.17, 15) is 4.79 Å². The van der Waals surface area contributed by atoms with Crippen molar-refractivity contribution in [2.45, 2.75) is 19.8 Å². The van der Waals surface area contributed by atoms with Gasteiger partial charge < -0.3 is 0 Å². The van der Waals surface area contributed by atoms with E-state index in [0.717, 1.165) is 15.6 Å². The Bertz CT molecular complexity index is 560. The van der Waals surface area contributed by atoms with Crippen LogP contribution in [0.4, 0.5) is 0 Å². The molecule has 0 amide bonds. The predicted octanol–water partition coefficient (Wildman–Crippen LogP) is 2.81. The highest BCUT2D eigenvalue weighted by molar-refractivity contribution is 9.10. The second-order valence-corrected chi connectivity index (χ2v) is 4.70. The number of rotatable bonds is 1. The van der Waals surface area contributed by atoms with E-state index < -0.39 is 0 Å². The van der Waals surface area contributed by atoms with E-state index in [2.05, 4.69) is 40.0 Å². The summed E-state index contributed by atoms with van der Waals surface area (Å²) < 4.78 is 0.904. The van der Waals surface area contributed by atoms with E-state index in [1.165, 1.54) is 0 Å². The highest BCUT2D eigenvalue weighted by Gasteiger charge is 2.09. The number of hydrogen-bond donors (Lipinski definition) is 1. The largest absolute Gasteiger partial charge is 0.272 e. The van der Waals surface area contributed by atoms with Gasteiger partial charge in [0.1, 0.15) is 0 Å². The van der Waals surface area contributed by atoms with E-state index in [4.69, 9.17) is 0 Å². The molecule has 0 aliphatic carbocycles. The van der Waals surface area contributed by atoms with Crippen LogP contribution in [-0.2, 0) is 0 Å². The summed E-state index contributed by atoms with van der Waals surface area (Å²) in [5.41, 5.74) is 0.785. The van der Waals surface area contributed by atoms with Gasteiger partial charge in [0.05, 0.1) is 11.1 Å². The van der Waals surface area contributed by atoms with Gasteiger partial charge in [0.25, 0.3) is 5.56 Å². The predicted molar refractivity (Wildman–Crippen MR) is 64.2 cm³/mol. The number of benzene rings is 1. The maximum absolute atomic E-state index is 11.6. The van der Waals surface area contributed by atoms with Gasteiger partial charge in [-0.05, 0) is 18.1 Å². The first-order chi connectivity index (χ1) is 7.09. The van der Waals surface area contributed by atoms with Crippen molar-refractivity contribution < 1.29 is 0 Å². The molecule has 0 radical (unpaired) electrons. The lowest BCUT2D eigenvalue weighted by molar-refractivity contribution is 0.792. The molecule has 0 bridgehead atoms. The lowest BCUT2D eigenvalue weighted by Crippen LogP contribution is -2.11. The van der Waals surface area contributed by atoms with Crippen LogP contribution in [0, 0.1) is 0 Å². The molecular weight excluding hydrogens is 256 g/mol. The number of fused-ring (bicyclic) bond motifs is 1. The molecule has 2 aromatic rings. The molecule has 1 N–H and O–H groups in total. The zero-order valence-corrected chi connectivity index (χ0v) is 10.1. The highest BCUT2D eigenvalue weighted by Crippen LogP contribution is 2.22. The zero-order chi connectivity index (χ0) is 11.0. The molecule has 78 valence electrons. The van der Waals surface area contributed by atoms with Crippen LogP contribution >= 0.6 is 15.9 Å². The van der Waals surface area contributed by atoms with Gasteiger partial charge in [0.15, 0.2) is 0 Å². The summed E-state index contributed by atoms with van der Waals surface area (Å²) in [5, 5.41) is 8.22. The van der Waals surface area contributed by atoms with Crippen molar-refractivity contribution in [1.82, 2.24) is 10.2 Å². The number of aromatic amines is 1. The third kappa shape index (κ3) is 1.81. The third-order valence-electron chi connectivity index (χ3n) is 2.33. The molecule has 0 spiro atoms. The fourth-order valence-corrected chi connectivity index (χ4v) is 1.96. The lowest BCUT2D eigenvalue weighted by atomic mass is 10.0. The summed E-state index contributed by atoms with van der Waals surface area (Å²) in [5.74, 6) is 0.297. The van der Waals surface area contributed by atoms with Crippen molar-refractivity contribution in [3.63, 3.8) is 0 Å². The molecule has 1 aromatic carbocycles. The molecular formula is C11H11BrN2O. The Hall–Kier alpha value is -1.16. The third-order valence-corrected chi connectivity index (χ3v) is 2.82. The number of nitrogens with zero attached hydrogens (tertiary/aromatic N) is 1. The van der Waals surface area contributed by atoms with Crippen LogP contribution in [0.15, 0.2) is 27.5 Å².